The summed E-state index contributed by atoms with van der Waals surface area (Å²) >= 11 is 5.09. The Kier molecular flexibility index (Phi) is 5.66. The molecule has 0 saturated carbocycles. The highest BCUT2D eigenvalue weighted by Gasteiger charge is 1.99. The summed E-state index contributed by atoms with van der Waals surface area (Å²) in [7, 11) is 0. The van der Waals surface area contributed by atoms with Crippen molar-refractivity contribution in [1.29, 1.82) is 0 Å². The number of anilines is 1. The average molecular weight is 338 g/mol. The second kappa shape index (κ2) is 7.50. The molecule has 0 fully saturated rings. The maximum Gasteiger partial charge on any atom is 0.125 e. The normalized spacial score (nSPS) is 10.4. The molecule has 100 valence electrons. The number of hydrogen-bond acceptors (Lipinski definition) is 4. The van der Waals surface area contributed by atoms with E-state index in [0.29, 0.717) is 0 Å². The van der Waals surface area contributed by atoms with Crippen molar-refractivity contribution in [2.24, 2.45) is 0 Å². The fourth-order valence-corrected chi connectivity index (χ4v) is 2.48. The van der Waals surface area contributed by atoms with Crippen LogP contribution in [-0.4, -0.2) is 16.5 Å². The Hall–Kier alpha value is -1.07. The highest BCUT2D eigenvalue weighted by molar-refractivity contribution is 9.10. The molecular weight excluding hydrogens is 322 g/mol. The van der Waals surface area contributed by atoms with E-state index in [9.17, 15) is 0 Å². The summed E-state index contributed by atoms with van der Waals surface area (Å²) in [6, 6.07) is 8.15. The molecule has 0 spiro atoms. The van der Waals surface area contributed by atoms with Crippen molar-refractivity contribution < 1.29 is 0 Å². The summed E-state index contributed by atoms with van der Waals surface area (Å²) in [6.45, 7) is 3.10. The molecule has 0 aliphatic rings. The van der Waals surface area contributed by atoms with Crippen LogP contribution in [0.4, 0.5) is 5.82 Å². The largest absolute Gasteiger partial charge is 0.370 e. The smallest absolute Gasteiger partial charge is 0.125 e. The number of aromatic nitrogens is 2. The van der Waals surface area contributed by atoms with Gasteiger partial charge in [-0.25, -0.2) is 9.97 Å². The molecule has 0 unspecified atom stereocenters. The molecule has 0 aliphatic carbocycles. The minimum atomic E-state index is 0.885. The Morgan fingerprint density at radius 3 is 2.68 bits per heavy atom. The Labute approximate surface area is 126 Å². The molecule has 0 atom stereocenters. The molecule has 3 nitrogen and oxygen atoms in total. The zero-order valence-electron chi connectivity index (χ0n) is 10.8. The first-order valence-electron chi connectivity index (χ1n) is 6.21. The van der Waals surface area contributed by atoms with Gasteiger partial charge in [-0.05, 0) is 46.1 Å². The summed E-state index contributed by atoms with van der Waals surface area (Å²) < 4.78 is 1.00. The zero-order valence-corrected chi connectivity index (χ0v) is 13.2. The van der Waals surface area contributed by atoms with Crippen LogP contribution in [0.3, 0.4) is 0 Å². The Morgan fingerprint density at radius 2 is 2.05 bits per heavy atom. The van der Waals surface area contributed by atoms with E-state index in [0.717, 1.165) is 34.0 Å². The van der Waals surface area contributed by atoms with Crippen LogP contribution in [0.2, 0.25) is 0 Å². The minimum absolute atomic E-state index is 0.885. The molecular formula is C14H16BrN3S. The molecule has 5 heteroatoms. The second-order valence-electron chi connectivity index (χ2n) is 4.08. The van der Waals surface area contributed by atoms with Crippen LogP contribution >= 0.6 is 27.7 Å². The average Bonchev–Trinajstić information content (AvgIpc) is 2.46. The molecule has 0 aromatic carbocycles. The molecule has 0 saturated heterocycles. The molecule has 1 N–H and O–H groups in total. The van der Waals surface area contributed by atoms with Crippen LogP contribution in [-0.2, 0) is 5.75 Å². The van der Waals surface area contributed by atoms with Crippen molar-refractivity contribution in [2.75, 3.05) is 11.9 Å². The molecule has 0 radical (unpaired) electrons. The fraction of sp³-hybridized carbons (Fsp3) is 0.286. The van der Waals surface area contributed by atoms with E-state index in [4.69, 9.17) is 0 Å². The van der Waals surface area contributed by atoms with Crippen molar-refractivity contribution >= 4 is 33.5 Å². The van der Waals surface area contributed by atoms with Crippen molar-refractivity contribution in [1.82, 2.24) is 9.97 Å². The third kappa shape index (κ3) is 4.84. The maximum atomic E-state index is 4.39. The second-order valence-corrected chi connectivity index (χ2v) is 5.99. The lowest BCUT2D eigenvalue weighted by molar-refractivity contribution is 0.968. The van der Waals surface area contributed by atoms with Crippen LogP contribution in [0.15, 0.2) is 46.2 Å². The third-order valence-electron chi connectivity index (χ3n) is 2.47. The number of hydrogen-bond donors (Lipinski definition) is 1. The predicted octanol–water partition coefficient (Wildman–Crippen LogP) is 4.35. The SMILES string of the molecule is CCCNc1ccc(CSc2ccc(Br)cn2)cn1. The topological polar surface area (TPSA) is 37.8 Å². The van der Waals surface area contributed by atoms with Crippen molar-refractivity contribution in [3.05, 3.63) is 46.7 Å². The van der Waals surface area contributed by atoms with E-state index in [1.54, 1.807) is 11.8 Å². The van der Waals surface area contributed by atoms with E-state index >= 15 is 0 Å². The van der Waals surface area contributed by atoms with Gasteiger partial charge in [0.15, 0.2) is 0 Å². The van der Waals surface area contributed by atoms with Crippen molar-refractivity contribution in [3.8, 4) is 0 Å². The van der Waals surface area contributed by atoms with Crippen LogP contribution in [0, 0.1) is 0 Å². The number of thioether (sulfide) groups is 1. The van der Waals surface area contributed by atoms with Gasteiger partial charge in [0.2, 0.25) is 0 Å². The van der Waals surface area contributed by atoms with E-state index < -0.39 is 0 Å². The molecule has 0 aliphatic heterocycles. The lowest BCUT2D eigenvalue weighted by atomic mass is 10.3. The predicted molar refractivity (Wildman–Crippen MR) is 84.5 cm³/mol. The van der Waals surface area contributed by atoms with Gasteiger partial charge in [-0.1, -0.05) is 13.0 Å². The number of rotatable bonds is 6. The Morgan fingerprint density at radius 1 is 1.16 bits per heavy atom. The highest BCUT2D eigenvalue weighted by Crippen LogP contribution is 2.22. The lowest BCUT2D eigenvalue weighted by Crippen LogP contribution is -2.01. The Balaban J connectivity index is 1.87. The molecule has 0 bridgehead atoms. The number of nitrogens with zero attached hydrogens (tertiary/aromatic N) is 2. The number of pyridine rings is 2. The van der Waals surface area contributed by atoms with E-state index in [1.807, 2.05) is 30.6 Å². The highest BCUT2D eigenvalue weighted by atomic mass is 79.9. The summed E-state index contributed by atoms with van der Waals surface area (Å²) in [5.74, 6) is 1.83. The van der Waals surface area contributed by atoms with Crippen LogP contribution < -0.4 is 5.32 Å². The van der Waals surface area contributed by atoms with Crippen molar-refractivity contribution in [2.45, 2.75) is 24.1 Å². The molecule has 0 amide bonds. The van der Waals surface area contributed by atoms with Gasteiger partial charge < -0.3 is 5.32 Å². The molecule has 2 heterocycles. The van der Waals surface area contributed by atoms with Gasteiger partial charge in [-0.15, -0.1) is 11.8 Å². The monoisotopic (exact) mass is 337 g/mol. The summed E-state index contributed by atoms with van der Waals surface area (Å²) in [5, 5.41) is 4.29. The summed E-state index contributed by atoms with van der Waals surface area (Å²) in [5.41, 5.74) is 1.21. The molecule has 2 aromatic rings. The van der Waals surface area contributed by atoms with Crippen LogP contribution in [0.1, 0.15) is 18.9 Å². The van der Waals surface area contributed by atoms with Crippen LogP contribution in [0.25, 0.3) is 0 Å². The first-order chi connectivity index (χ1) is 9.28. The van der Waals surface area contributed by atoms with Gasteiger partial charge in [0.25, 0.3) is 0 Å². The van der Waals surface area contributed by atoms with Gasteiger partial charge in [-0.3, -0.25) is 0 Å². The minimum Gasteiger partial charge on any atom is -0.370 e. The summed E-state index contributed by atoms with van der Waals surface area (Å²) in [4.78, 5) is 8.72. The lowest BCUT2D eigenvalue weighted by Gasteiger charge is -2.05. The first kappa shape index (κ1) is 14.3. The van der Waals surface area contributed by atoms with Crippen molar-refractivity contribution in [3.63, 3.8) is 0 Å². The standard InChI is InChI=1S/C14H16BrN3S/c1-2-7-16-13-5-3-11(8-17-13)10-19-14-6-4-12(15)9-18-14/h3-6,8-9H,2,7,10H2,1H3,(H,16,17). The van der Waals surface area contributed by atoms with Gasteiger partial charge in [0.1, 0.15) is 5.82 Å². The van der Waals surface area contributed by atoms with Gasteiger partial charge in [0, 0.05) is 29.2 Å². The maximum absolute atomic E-state index is 4.39. The zero-order chi connectivity index (χ0) is 13.5. The fourth-order valence-electron chi connectivity index (χ4n) is 1.47. The Bertz CT molecular complexity index is 499. The first-order valence-corrected chi connectivity index (χ1v) is 7.99. The van der Waals surface area contributed by atoms with Gasteiger partial charge in [0.05, 0.1) is 5.03 Å². The van der Waals surface area contributed by atoms with Gasteiger partial charge in [-0.2, -0.15) is 0 Å². The van der Waals surface area contributed by atoms with E-state index in [1.165, 1.54) is 5.56 Å². The summed E-state index contributed by atoms with van der Waals surface area (Å²) in [6.07, 6.45) is 4.84. The van der Waals surface area contributed by atoms with E-state index in [-0.39, 0.29) is 0 Å². The molecule has 2 aromatic heterocycles. The number of nitrogens with one attached hydrogen (secondary N) is 1. The van der Waals surface area contributed by atoms with E-state index in [2.05, 4.69) is 44.2 Å². The molecule has 19 heavy (non-hydrogen) atoms. The van der Waals surface area contributed by atoms with Crippen LogP contribution in [0.5, 0.6) is 0 Å². The molecule has 2 rings (SSSR count). The quantitative estimate of drug-likeness (QED) is 0.795. The third-order valence-corrected chi connectivity index (χ3v) is 3.95. The van der Waals surface area contributed by atoms with Gasteiger partial charge >= 0.3 is 0 Å². The number of halogens is 1.